The Bertz CT molecular complexity index is 810. The fraction of sp³-hybridized carbons (Fsp3) is 0.500. The second kappa shape index (κ2) is 5.18. The molecule has 0 bridgehead atoms. The smallest absolute Gasteiger partial charge is 0.334 e. The van der Waals surface area contributed by atoms with Crippen LogP contribution in [0.25, 0.3) is 5.57 Å². The number of esters is 2. The highest BCUT2D eigenvalue weighted by molar-refractivity contribution is 6.03. The minimum Gasteiger partial charge on any atom is -0.468 e. The van der Waals surface area contributed by atoms with Crippen molar-refractivity contribution in [2.24, 2.45) is 10.8 Å². The van der Waals surface area contributed by atoms with E-state index in [2.05, 4.69) is 13.8 Å². The van der Waals surface area contributed by atoms with E-state index in [4.69, 9.17) is 14.2 Å². The van der Waals surface area contributed by atoms with Gasteiger partial charge < -0.3 is 14.2 Å². The second-order valence-corrected chi connectivity index (χ2v) is 7.60. The predicted molar refractivity (Wildman–Crippen MR) is 90.7 cm³/mol. The molecule has 2 aliphatic carbocycles. The Morgan fingerprint density at radius 1 is 1.16 bits per heavy atom. The van der Waals surface area contributed by atoms with Crippen molar-refractivity contribution in [3.8, 4) is 0 Å². The fourth-order valence-electron chi connectivity index (χ4n) is 5.11. The van der Waals surface area contributed by atoms with Crippen LogP contribution in [0.15, 0.2) is 29.8 Å². The largest absolute Gasteiger partial charge is 0.468 e. The van der Waals surface area contributed by atoms with Crippen molar-refractivity contribution in [2.45, 2.75) is 32.3 Å². The highest BCUT2D eigenvalue weighted by atomic mass is 16.5. The first-order valence-electron chi connectivity index (χ1n) is 8.49. The molecule has 1 aromatic carbocycles. The number of hydrogen-bond donors (Lipinski definition) is 0. The van der Waals surface area contributed by atoms with Gasteiger partial charge in [-0.2, -0.15) is 0 Å². The molecule has 4 atom stereocenters. The lowest BCUT2D eigenvalue weighted by atomic mass is 9.56. The van der Waals surface area contributed by atoms with Crippen molar-refractivity contribution in [1.29, 1.82) is 0 Å². The molecule has 2 unspecified atom stereocenters. The zero-order chi connectivity index (χ0) is 18.0. The van der Waals surface area contributed by atoms with Crippen LogP contribution < -0.4 is 0 Å². The molecule has 0 saturated carbocycles. The van der Waals surface area contributed by atoms with E-state index in [0.29, 0.717) is 18.6 Å². The van der Waals surface area contributed by atoms with Gasteiger partial charge in [0.1, 0.15) is 5.92 Å². The van der Waals surface area contributed by atoms with Gasteiger partial charge in [0, 0.05) is 16.4 Å². The normalized spacial score (nSPS) is 35.2. The lowest BCUT2D eigenvalue weighted by molar-refractivity contribution is -0.147. The van der Waals surface area contributed by atoms with E-state index < -0.39 is 11.3 Å². The van der Waals surface area contributed by atoms with Gasteiger partial charge in [0.15, 0.2) is 0 Å². The van der Waals surface area contributed by atoms with E-state index >= 15 is 0 Å². The quantitative estimate of drug-likeness (QED) is 0.774. The molecule has 0 N–H and O–H groups in total. The topological polar surface area (TPSA) is 61.8 Å². The zero-order valence-corrected chi connectivity index (χ0v) is 14.9. The third kappa shape index (κ3) is 1.82. The number of rotatable bonds is 2. The molecule has 4 rings (SSSR count). The van der Waals surface area contributed by atoms with Crippen molar-refractivity contribution in [3.05, 3.63) is 41.0 Å². The molecule has 132 valence electrons. The van der Waals surface area contributed by atoms with Crippen molar-refractivity contribution in [1.82, 2.24) is 0 Å². The second-order valence-electron chi connectivity index (χ2n) is 7.60. The van der Waals surface area contributed by atoms with E-state index in [-0.39, 0.29) is 23.5 Å². The average Bonchev–Trinajstić information content (AvgIpc) is 3.02. The highest BCUT2D eigenvalue weighted by Gasteiger charge is 2.68. The molecule has 1 aromatic rings. The summed E-state index contributed by atoms with van der Waals surface area (Å²) in [7, 11) is 2.82. The lowest BCUT2D eigenvalue weighted by Gasteiger charge is -2.45. The van der Waals surface area contributed by atoms with Crippen LogP contribution >= 0.6 is 0 Å². The first-order valence-corrected chi connectivity index (χ1v) is 8.49. The highest BCUT2D eigenvalue weighted by Crippen LogP contribution is 2.69. The molecule has 0 spiro atoms. The van der Waals surface area contributed by atoms with Gasteiger partial charge in [-0.25, -0.2) is 4.79 Å². The molecular formula is C20H22O5. The molecule has 1 aliphatic heterocycles. The van der Waals surface area contributed by atoms with Gasteiger partial charge in [-0.1, -0.05) is 38.1 Å². The Balaban J connectivity index is 2.05. The number of benzene rings is 1. The predicted octanol–water partition coefficient (Wildman–Crippen LogP) is 2.70. The van der Waals surface area contributed by atoms with Crippen molar-refractivity contribution < 1.29 is 23.8 Å². The van der Waals surface area contributed by atoms with Crippen LogP contribution in [-0.2, 0) is 23.8 Å². The van der Waals surface area contributed by atoms with Crippen LogP contribution in [0, 0.1) is 10.8 Å². The summed E-state index contributed by atoms with van der Waals surface area (Å²) in [5.74, 6) is -1.08. The number of methoxy groups -OCH3 is 2. The SMILES string of the molecule is COC(=O)C1=C2c3ccccc3C(C(=O)OC)C3OC[C@@](C)(C1)[C@@]23C. The Labute approximate surface area is 146 Å². The number of carbonyl (C=O) groups excluding carboxylic acids is 2. The summed E-state index contributed by atoms with van der Waals surface area (Å²) < 4.78 is 16.3. The molecule has 1 fully saturated rings. The van der Waals surface area contributed by atoms with Crippen LogP contribution in [0.2, 0.25) is 0 Å². The van der Waals surface area contributed by atoms with Gasteiger partial charge in [-0.3, -0.25) is 4.79 Å². The number of fused-ring (bicyclic) bond motifs is 2. The van der Waals surface area contributed by atoms with Gasteiger partial charge in [0.2, 0.25) is 0 Å². The van der Waals surface area contributed by atoms with Crippen molar-refractivity contribution in [3.63, 3.8) is 0 Å². The van der Waals surface area contributed by atoms with Gasteiger partial charge >= 0.3 is 11.9 Å². The maximum atomic E-state index is 12.6. The fourth-order valence-corrected chi connectivity index (χ4v) is 5.11. The summed E-state index contributed by atoms with van der Waals surface area (Å²) in [6.45, 7) is 4.74. The van der Waals surface area contributed by atoms with Crippen LogP contribution in [0.5, 0.6) is 0 Å². The van der Waals surface area contributed by atoms with Crippen LogP contribution in [-0.4, -0.2) is 38.9 Å². The lowest BCUT2D eigenvalue weighted by Crippen LogP contribution is -2.46. The molecule has 0 aromatic heterocycles. The van der Waals surface area contributed by atoms with E-state index in [0.717, 1.165) is 16.7 Å². The summed E-state index contributed by atoms with van der Waals surface area (Å²) in [6, 6.07) is 7.74. The number of ether oxygens (including phenoxy) is 3. The third-order valence-electron chi connectivity index (χ3n) is 6.55. The maximum Gasteiger partial charge on any atom is 0.334 e. The van der Waals surface area contributed by atoms with Gasteiger partial charge in [-0.15, -0.1) is 0 Å². The van der Waals surface area contributed by atoms with Gasteiger partial charge in [0.25, 0.3) is 0 Å². The van der Waals surface area contributed by atoms with Gasteiger partial charge in [-0.05, 0) is 23.1 Å². The summed E-state index contributed by atoms with van der Waals surface area (Å²) in [5, 5.41) is 0. The minimum absolute atomic E-state index is 0.254. The molecule has 5 heteroatoms. The van der Waals surface area contributed by atoms with Crippen LogP contribution in [0.1, 0.15) is 37.3 Å². The van der Waals surface area contributed by atoms with Crippen molar-refractivity contribution in [2.75, 3.05) is 20.8 Å². The van der Waals surface area contributed by atoms with E-state index in [1.54, 1.807) is 0 Å². The number of carbonyl (C=O) groups is 2. The van der Waals surface area contributed by atoms with E-state index in [1.807, 2.05) is 24.3 Å². The van der Waals surface area contributed by atoms with E-state index in [9.17, 15) is 9.59 Å². The average molecular weight is 342 g/mol. The molecule has 5 nitrogen and oxygen atoms in total. The zero-order valence-electron chi connectivity index (χ0n) is 14.9. The Hall–Kier alpha value is -2.14. The summed E-state index contributed by atoms with van der Waals surface area (Å²) in [6.07, 6.45) is 0.238. The molecule has 1 heterocycles. The number of hydrogen-bond acceptors (Lipinski definition) is 5. The van der Waals surface area contributed by atoms with Gasteiger partial charge in [0.05, 0.1) is 26.9 Å². The van der Waals surface area contributed by atoms with Crippen molar-refractivity contribution >= 4 is 17.5 Å². The third-order valence-corrected chi connectivity index (χ3v) is 6.55. The Kier molecular flexibility index (Phi) is 3.38. The monoisotopic (exact) mass is 342 g/mol. The van der Waals surface area contributed by atoms with Crippen LogP contribution in [0.3, 0.4) is 0 Å². The standard InChI is InChI=1S/C20H22O5/c1-19-9-13(17(21)23-3)15-12-8-6-5-7-11(12)14(18(22)24-4)16(25-10-19)20(15,19)2/h5-8,14,16H,9-10H2,1-4H3/t14?,16?,19-,20+/m1/s1. The molecule has 0 amide bonds. The Morgan fingerprint density at radius 3 is 2.56 bits per heavy atom. The molecular weight excluding hydrogens is 320 g/mol. The molecule has 1 saturated heterocycles. The molecule has 25 heavy (non-hydrogen) atoms. The molecule has 3 aliphatic rings. The van der Waals surface area contributed by atoms with E-state index in [1.165, 1.54) is 14.2 Å². The summed E-state index contributed by atoms with van der Waals surface area (Å²) >= 11 is 0. The summed E-state index contributed by atoms with van der Waals surface area (Å²) in [4.78, 5) is 25.1. The first-order chi connectivity index (χ1) is 11.9. The minimum atomic E-state index is -0.492. The summed E-state index contributed by atoms with van der Waals surface area (Å²) in [5.41, 5.74) is 2.78. The maximum absolute atomic E-state index is 12.6. The Morgan fingerprint density at radius 2 is 1.88 bits per heavy atom. The molecule has 0 radical (unpaired) electrons. The van der Waals surface area contributed by atoms with Crippen LogP contribution in [0.4, 0.5) is 0 Å². The first kappa shape index (κ1) is 16.3.